The lowest BCUT2D eigenvalue weighted by molar-refractivity contribution is -0.761. The van der Waals surface area contributed by atoms with Gasteiger partial charge in [-0.05, 0) is 11.1 Å². The molecule has 0 radical (unpaired) electrons. The lowest BCUT2D eigenvalue weighted by Crippen LogP contribution is -2.57. The molecule has 0 saturated carbocycles. The molecular formula is C16H17N4O+. The highest BCUT2D eigenvalue weighted by molar-refractivity contribution is 5.19. The quantitative estimate of drug-likeness (QED) is 0.725. The zero-order valence-corrected chi connectivity index (χ0v) is 11.6. The SMILES string of the molecule is Nc1c[n+](N(Cc2ccccc2)Cc2ccccc2)no1. The van der Waals surface area contributed by atoms with Crippen molar-refractivity contribution >= 4 is 5.88 Å². The Morgan fingerprint density at radius 1 is 0.905 bits per heavy atom. The molecule has 2 aromatic carbocycles. The molecule has 106 valence electrons. The third kappa shape index (κ3) is 3.39. The molecule has 5 nitrogen and oxygen atoms in total. The van der Waals surface area contributed by atoms with Gasteiger partial charge in [-0.1, -0.05) is 60.7 Å². The Bertz CT molecular complexity index is 640. The zero-order chi connectivity index (χ0) is 14.5. The zero-order valence-electron chi connectivity index (χ0n) is 11.6. The summed E-state index contributed by atoms with van der Waals surface area (Å²) in [5.41, 5.74) is 8.02. The molecule has 0 atom stereocenters. The van der Waals surface area contributed by atoms with Gasteiger partial charge in [0.25, 0.3) is 12.1 Å². The maximum Gasteiger partial charge on any atom is 0.296 e. The monoisotopic (exact) mass is 281 g/mol. The third-order valence-electron chi connectivity index (χ3n) is 3.18. The van der Waals surface area contributed by atoms with Gasteiger partial charge in [0.15, 0.2) is 0 Å². The van der Waals surface area contributed by atoms with Gasteiger partial charge in [0, 0.05) is 0 Å². The van der Waals surface area contributed by atoms with Gasteiger partial charge in [0.2, 0.25) is 5.27 Å². The summed E-state index contributed by atoms with van der Waals surface area (Å²) in [5, 5.41) is 6.01. The molecule has 0 bridgehead atoms. The average Bonchev–Trinajstić information content (AvgIpc) is 2.95. The molecular weight excluding hydrogens is 264 g/mol. The molecule has 2 N–H and O–H groups in total. The highest BCUT2D eigenvalue weighted by atomic mass is 16.5. The Balaban J connectivity index is 1.84. The van der Waals surface area contributed by atoms with E-state index in [-0.39, 0.29) is 0 Å². The van der Waals surface area contributed by atoms with Gasteiger partial charge in [0.1, 0.15) is 13.1 Å². The predicted molar refractivity (Wildman–Crippen MR) is 79.6 cm³/mol. The number of aromatic nitrogens is 2. The van der Waals surface area contributed by atoms with E-state index in [1.54, 1.807) is 11.0 Å². The van der Waals surface area contributed by atoms with Gasteiger partial charge in [-0.25, -0.2) is 0 Å². The molecule has 1 aromatic heterocycles. The number of benzene rings is 2. The van der Waals surface area contributed by atoms with E-state index in [2.05, 4.69) is 34.5 Å². The van der Waals surface area contributed by atoms with Crippen LogP contribution in [0.15, 0.2) is 71.4 Å². The molecule has 0 aliphatic rings. The minimum Gasteiger partial charge on any atom is -0.362 e. The van der Waals surface area contributed by atoms with E-state index in [9.17, 15) is 0 Å². The highest BCUT2D eigenvalue weighted by Crippen LogP contribution is 2.06. The van der Waals surface area contributed by atoms with Crippen molar-refractivity contribution in [3.8, 4) is 0 Å². The average molecular weight is 281 g/mol. The maximum absolute atomic E-state index is 5.63. The number of hydrogen-bond donors (Lipinski definition) is 1. The summed E-state index contributed by atoms with van der Waals surface area (Å²) in [6.07, 6.45) is 1.67. The summed E-state index contributed by atoms with van der Waals surface area (Å²) >= 11 is 0. The van der Waals surface area contributed by atoms with E-state index in [0.717, 1.165) is 0 Å². The molecule has 3 rings (SSSR count). The topological polar surface area (TPSA) is 59.2 Å². The first-order valence-electron chi connectivity index (χ1n) is 6.78. The van der Waals surface area contributed by atoms with Gasteiger partial charge < -0.3 is 5.73 Å². The molecule has 0 saturated heterocycles. The van der Waals surface area contributed by atoms with Crippen molar-refractivity contribution in [1.29, 1.82) is 0 Å². The summed E-state index contributed by atoms with van der Waals surface area (Å²) in [7, 11) is 0. The second kappa shape index (κ2) is 6.09. The standard InChI is InChI=1S/C16H17N4O/c17-16-13-20(18-21-16)19(11-14-7-3-1-4-8-14)12-15-9-5-2-6-10-15/h1-10,13H,11-12,17H2/q+1. The summed E-state index contributed by atoms with van der Waals surface area (Å²) in [6.45, 7) is 1.43. The second-order valence-electron chi connectivity index (χ2n) is 4.82. The van der Waals surface area contributed by atoms with E-state index in [0.29, 0.717) is 19.0 Å². The number of nitrogens with zero attached hydrogens (tertiary/aromatic N) is 3. The number of hydrogen-bond acceptors (Lipinski definition) is 4. The van der Waals surface area contributed by atoms with Crippen LogP contribution < -0.4 is 15.5 Å². The Labute approximate surface area is 123 Å². The molecule has 0 aliphatic carbocycles. The van der Waals surface area contributed by atoms with Crippen LogP contribution in [0.1, 0.15) is 11.1 Å². The Kier molecular flexibility index (Phi) is 3.82. The van der Waals surface area contributed by atoms with Crippen LogP contribution in [-0.2, 0) is 13.1 Å². The molecule has 0 unspecified atom stereocenters. The summed E-state index contributed by atoms with van der Waals surface area (Å²) in [5.74, 6) is 0.293. The Morgan fingerprint density at radius 2 is 1.43 bits per heavy atom. The van der Waals surface area contributed by atoms with Crippen molar-refractivity contribution < 1.29 is 9.31 Å². The number of anilines is 1. The molecule has 3 aromatic rings. The number of nitrogen functional groups attached to an aromatic ring is 1. The fourth-order valence-corrected chi connectivity index (χ4v) is 2.17. The third-order valence-corrected chi connectivity index (χ3v) is 3.18. The van der Waals surface area contributed by atoms with Crippen LogP contribution in [0.25, 0.3) is 0 Å². The molecule has 21 heavy (non-hydrogen) atoms. The first-order valence-corrected chi connectivity index (χ1v) is 6.78. The minimum absolute atomic E-state index is 0.293. The van der Waals surface area contributed by atoms with Crippen molar-refractivity contribution in [2.45, 2.75) is 13.1 Å². The van der Waals surface area contributed by atoms with Crippen LogP contribution in [0.3, 0.4) is 0 Å². The maximum atomic E-state index is 5.63. The van der Waals surface area contributed by atoms with Gasteiger partial charge in [-0.2, -0.15) is 0 Å². The van der Waals surface area contributed by atoms with Crippen LogP contribution in [0.5, 0.6) is 0 Å². The number of nitrogens with two attached hydrogens (primary N) is 1. The van der Waals surface area contributed by atoms with Gasteiger partial charge in [-0.15, -0.1) is 5.01 Å². The van der Waals surface area contributed by atoms with E-state index in [1.807, 2.05) is 36.4 Å². The summed E-state index contributed by atoms with van der Waals surface area (Å²) < 4.78 is 4.97. The van der Waals surface area contributed by atoms with E-state index in [1.165, 1.54) is 11.1 Å². The fourth-order valence-electron chi connectivity index (χ4n) is 2.17. The predicted octanol–water partition coefficient (Wildman–Crippen LogP) is 1.88. The van der Waals surface area contributed by atoms with Crippen LogP contribution in [0.2, 0.25) is 0 Å². The molecule has 5 heteroatoms. The van der Waals surface area contributed by atoms with Crippen molar-refractivity contribution in [2.24, 2.45) is 0 Å². The van der Waals surface area contributed by atoms with Gasteiger partial charge >= 0.3 is 0 Å². The minimum atomic E-state index is 0.293. The van der Waals surface area contributed by atoms with Crippen LogP contribution in [-0.4, -0.2) is 5.27 Å². The van der Waals surface area contributed by atoms with E-state index in [4.69, 9.17) is 10.3 Å². The van der Waals surface area contributed by atoms with Crippen LogP contribution in [0.4, 0.5) is 5.88 Å². The van der Waals surface area contributed by atoms with E-state index < -0.39 is 0 Å². The first kappa shape index (κ1) is 13.2. The van der Waals surface area contributed by atoms with E-state index >= 15 is 0 Å². The van der Waals surface area contributed by atoms with Crippen LogP contribution >= 0.6 is 0 Å². The van der Waals surface area contributed by atoms with Gasteiger partial charge in [-0.3, -0.25) is 4.52 Å². The Hall–Kier alpha value is -2.82. The van der Waals surface area contributed by atoms with Crippen molar-refractivity contribution in [3.05, 3.63) is 78.0 Å². The molecule has 0 aliphatic heterocycles. The first-order chi connectivity index (χ1) is 10.3. The number of rotatable bonds is 5. The van der Waals surface area contributed by atoms with Crippen molar-refractivity contribution in [3.63, 3.8) is 0 Å². The lowest BCUT2D eigenvalue weighted by atomic mass is 10.2. The van der Waals surface area contributed by atoms with Gasteiger partial charge in [0.05, 0.1) is 4.79 Å². The molecule has 0 fully saturated rings. The Morgan fingerprint density at radius 3 is 1.86 bits per heavy atom. The lowest BCUT2D eigenvalue weighted by Gasteiger charge is -2.14. The van der Waals surface area contributed by atoms with Crippen molar-refractivity contribution in [1.82, 2.24) is 5.27 Å². The molecule has 0 amide bonds. The molecule has 0 spiro atoms. The largest absolute Gasteiger partial charge is 0.362 e. The summed E-state index contributed by atoms with van der Waals surface area (Å²) in [4.78, 5) is 1.65. The van der Waals surface area contributed by atoms with Crippen LogP contribution in [0, 0.1) is 0 Å². The normalized spacial score (nSPS) is 10.5. The smallest absolute Gasteiger partial charge is 0.296 e. The fraction of sp³-hybridized carbons (Fsp3) is 0.125. The molecule has 1 heterocycles. The highest BCUT2D eigenvalue weighted by Gasteiger charge is 2.20. The summed E-state index contributed by atoms with van der Waals surface area (Å²) in [6, 6.07) is 20.5. The van der Waals surface area contributed by atoms with Crippen molar-refractivity contribution in [2.75, 3.05) is 10.7 Å². The second-order valence-corrected chi connectivity index (χ2v) is 4.82.